The van der Waals surface area contributed by atoms with E-state index in [9.17, 15) is 9.46 Å². The molecule has 49 heavy (non-hydrogen) atoms. The summed E-state index contributed by atoms with van der Waals surface area (Å²) in [6, 6.07) is 0. The molecule has 1 unspecified atom stereocenters. The number of hydrogen-bond donors (Lipinski definition) is 1. The van der Waals surface area contributed by atoms with Crippen LogP contribution in [0.15, 0.2) is 0 Å². The lowest BCUT2D eigenvalue weighted by atomic mass is 10.0. The van der Waals surface area contributed by atoms with Crippen LogP contribution in [-0.2, 0) is 9.09 Å². The van der Waals surface area contributed by atoms with Gasteiger partial charge in [0.2, 0.25) is 0 Å². The molecular formula is C44H92NO3P. The molecule has 1 atom stereocenters. The highest BCUT2D eigenvalue weighted by Gasteiger charge is 2.28. The fraction of sp³-hybridized carbons (Fsp3) is 1.00. The lowest BCUT2D eigenvalue weighted by Crippen LogP contribution is -2.24. The molecule has 0 aliphatic carbocycles. The van der Waals surface area contributed by atoms with Crippen LogP contribution in [0, 0.1) is 0 Å². The van der Waals surface area contributed by atoms with Crippen molar-refractivity contribution in [3.05, 3.63) is 0 Å². The van der Waals surface area contributed by atoms with Crippen LogP contribution in [0.5, 0.6) is 0 Å². The van der Waals surface area contributed by atoms with Crippen LogP contribution < -0.4 is 0 Å². The van der Waals surface area contributed by atoms with Crippen molar-refractivity contribution in [3.8, 4) is 0 Å². The summed E-state index contributed by atoms with van der Waals surface area (Å²) in [6.45, 7) is 8.57. The normalized spacial score (nSPS) is 13.1. The molecule has 0 aromatic rings. The van der Waals surface area contributed by atoms with Crippen LogP contribution in [0.2, 0.25) is 0 Å². The SMILES string of the molecule is CCCCCCCCCCCCCCCCCCCN(CCCCCCCCCCCCCCCCCCC)P(=O)(O)OCCCCCC. The first kappa shape index (κ1) is 49.1. The Morgan fingerprint density at radius 3 is 0.796 bits per heavy atom. The molecule has 0 saturated carbocycles. The van der Waals surface area contributed by atoms with Crippen LogP contribution in [0.3, 0.4) is 0 Å². The molecule has 296 valence electrons. The fourth-order valence-corrected chi connectivity index (χ4v) is 8.52. The van der Waals surface area contributed by atoms with Gasteiger partial charge < -0.3 is 4.89 Å². The topological polar surface area (TPSA) is 49.8 Å². The first-order valence-electron chi connectivity index (χ1n) is 22.8. The van der Waals surface area contributed by atoms with Crippen molar-refractivity contribution in [2.75, 3.05) is 19.7 Å². The zero-order valence-corrected chi connectivity index (χ0v) is 35.0. The molecule has 1 N–H and O–H groups in total. The summed E-state index contributed by atoms with van der Waals surface area (Å²) in [5.41, 5.74) is 0. The molecule has 0 aromatic heterocycles. The summed E-state index contributed by atoms with van der Waals surface area (Å²) >= 11 is 0. The molecule has 0 bridgehead atoms. The van der Waals surface area contributed by atoms with Gasteiger partial charge in [0, 0.05) is 13.1 Å². The molecule has 0 rings (SSSR count). The van der Waals surface area contributed by atoms with E-state index in [0.29, 0.717) is 19.7 Å². The minimum absolute atomic E-state index is 0.405. The first-order chi connectivity index (χ1) is 24.1. The van der Waals surface area contributed by atoms with Gasteiger partial charge in [-0.25, -0.2) is 9.24 Å². The van der Waals surface area contributed by atoms with Crippen molar-refractivity contribution in [2.24, 2.45) is 0 Å². The summed E-state index contributed by atoms with van der Waals surface area (Å²) < 4.78 is 20.7. The molecule has 0 aliphatic heterocycles. The Morgan fingerprint density at radius 1 is 0.347 bits per heavy atom. The molecular weight excluding hydrogens is 621 g/mol. The Hall–Kier alpha value is 0.110. The molecule has 4 nitrogen and oxygen atoms in total. The zero-order chi connectivity index (χ0) is 35.8. The van der Waals surface area contributed by atoms with Crippen molar-refractivity contribution in [1.29, 1.82) is 0 Å². The molecule has 0 heterocycles. The van der Waals surface area contributed by atoms with Crippen molar-refractivity contribution < 1.29 is 14.0 Å². The average Bonchev–Trinajstić information content (AvgIpc) is 3.09. The maximum absolute atomic E-state index is 13.2. The molecule has 0 spiro atoms. The van der Waals surface area contributed by atoms with E-state index in [2.05, 4.69) is 20.8 Å². The zero-order valence-electron chi connectivity index (χ0n) is 34.1. The summed E-state index contributed by atoms with van der Waals surface area (Å²) in [6.07, 6.45) is 50.4. The van der Waals surface area contributed by atoms with Crippen LogP contribution in [0.1, 0.15) is 265 Å². The first-order valence-corrected chi connectivity index (χ1v) is 24.3. The largest absolute Gasteiger partial charge is 0.405 e. The second kappa shape index (κ2) is 40.9. The van der Waals surface area contributed by atoms with E-state index in [1.807, 2.05) is 4.67 Å². The van der Waals surface area contributed by atoms with Crippen LogP contribution in [-0.4, -0.2) is 29.3 Å². The third kappa shape index (κ3) is 37.7. The summed E-state index contributed by atoms with van der Waals surface area (Å²) in [7, 11) is -3.70. The molecule has 0 aliphatic rings. The Morgan fingerprint density at radius 2 is 0.551 bits per heavy atom. The lowest BCUT2D eigenvalue weighted by molar-refractivity contribution is 0.194. The summed E-state index contributed by atoms with van der Waals surface area (Å²) in [4.78, 5) is 10.9. The summed E-state index contributed by atoms with van der Waals surface area (Å²) in [5.74, 6) is 0. The maximum atomic E-state index is 13.2. The van der Waals surface area contributed by atoms with Crippen LogP contribution in [0.25, 0.3) is 0 Å². The van der Waals surface area contributed by atoms with Crippen molar-refractivity contribution in [3.63, 3.8) is 0 Å². The van der Waals surface area contributed by atoms with E-state index < -0.39 is 7.75 Å². The Balaban J connectivity index is 3.96. The van der Waals surface area contributed by atoms with Crippen LogP contribution >= 0.6 is 7.75 Å². The van der Waals surface area contributed by atoms with E-state index in [1.165, 1.54) is 205 Å². The van der Waals surface area contributed by atoms with Gasteiger partial charge in [0.1, 0.15) is 0 Å². The Labute approximate surface area is 310 Å². The van der Waals surface area contributed by atoms with Gasteiger partial charge in [-0.15, -0.1) is 0 Å². The average molecular weight is 714 g/mol. The second-order valence-electron chi connectivity index (χ2n) is 15.7. The molecule has 0 aromatic carbocycles. The van der Waals surface area contributed by atoms with Gasteiger partial charge in [-0.1, -0.05) is 245 Å². The molecule has 0 radical (unpaired) electrons. The minimum atomic E-state index is -3.70. The second-order valence-corrected chi connectivity index (χ2v) is 17.5. The summed E-state index contributed by atoms with van der Waals surface area (Å²) in [5, 5.41) is 0. The highest BCUT2D eigenvalue weighted by atomic mass is 31.2. The number of unbranched alkanes of at least 4 members (excludes halogenated alkanes) is 35. The van der Waals surface area contributed by atoms with Gasteiger partial charge >= 0.3 is 7.75 Å². The predicted molar refractivity (Wildman–Crippen MR) is 220 cm³/mol. The number of nitrogens with zero attached hydrogens (tertiary/aromatic N) is 1. The highest BCUT2D eigenvalue weighted by Crippen LogP contribution is 2.47. The van der Waals surface area contributed by atoms with E-state index in [-0.39, 0.29) is 0 Å². The number of hydrogen-bond acceptors (Lipinski definition) is 2. The minimum Gasteiger partial charge on any atom is -0.312 e. The Bertz CT molecular complexity index is 622. The maximum Gasteiger partial charge on any atom is 0.405 e. The highest BCUT2D eigenvalue weighted by molar-refractivity contribution is 7.50. The lowest BCUT2D eigenvalue weighted by Gasteiger charge is -2.26. The van der Waals surface area contributed by atoms with E-state index in [0.717, 1.165) is 38.5 Å². The van der Waals surface area contributed by atoms with Gasteiger partial charge in [-0.05, 0) is 19.3 Å². The van der Waals surface area contributed by atoms with Gasteiger partial charge in [-0.2, -0.15) is 0 Å². The fourth-order valence-electron chi connectivity index (χ4n) is 7.20. The van der Waals surface area contributed by atoms with Crippen molar-refractivity contribution in [2.45, 2.75) is 265 Å². The molecule has 5 heteroatoms. The third-order valence-electron chi connectivity index (χ3n) is 10.7. The van der Waals surface area contributed by atoms with Gasteiger partial charge in [0.05, 0.1) is 6.61 Å². The molecule has 0 fully saturated rings. The monoisotopic (exact) mass is 714 g/mol. The quantitative estimate of drug-likeness (QED) is 0.0505. The smallest absolute Gasteiger partial charge is 0.312 e. The molecule has 0 amide bonds. The standard InChI is InChI=1S/C44H92NO3P/c1-4-7-10-13-15-17-19-21-23-25-27-29-31-33-35-37-39-42-45(49(46,47)48-44-41-12-9-6-3)43-40-38-36-34-32-30-28-26-24-22-20-18-16-14-11-8-5-2/h4-44H2,1-3H3,(H,46,47). The van der Waals surface area contributed by atoms with Gasteiger partial charge in [-0.3, -0.25) is 4.52 Å². The van der Waals surface area contributed by atoms with Gasteiger partial charge in [0.25, 0.3) is 0 Å². The molecule has 0 saturated heterocycles. The Kier molecular flexibility index (Phi) is 41.0. The van der Waals surface area contributed by atoms with Crippen LogP contribution in [0.4, 0.5) is 0 Å². The predicted octanol–water partition coefficient (Wildman–Crippen LogP) is 16.3. The third-order valence-corrected chi connectivity index (χ3v) is 12.3. The van der Waals surface area contributed by atoms with E-state index in [1.54, 1.807) is 0 Å². The van der Waals surface area contributed by atoms with Crippen molar-refractivity contribution >= 4 is 7.75 Å². The van der Waals surface area contributed by atoms with Gasteiger partial charge in [0.15, 0.2) is 0 Å². The van der Waals surface area contributed by atoms with E-state index in [4.69, 9.17) is 4.52 Å². The van der Waals surface area contributed by atoms with E-state index >= 15 is 0 Å². The number of rotatable bonds is 43. The van der Waals surface area contributed by atoms with Crippen molar-refractivity contribution in [1.82, 2.24) is 4.67 Å².